The van der Waals surface area contributed by atoms with Crippen LogP contribution < -0.4 is 4.74 Å². The van der Waals surface area contributed by atoms with E-state index in [0.717, 1.165) is 16.8 Å². The van der Waals surface area contributed by atoms with Crippen molar-refractivity contribution in [3.8, 4) is 5.75 Å². The molecule has 1 N–H and O–H groups in total. The Bertz CT molecular complexity index is 622. The standard InChI is InChI=1S/C16H16N2O3/c1-12(15-11-17-7-8-18-15)10-13-2-4-14(5-3-13)21-9-6-16(19)20/h2-5,7-8,10-11H,6,9H2,1H3,(H,19,20)/b12-10-. The van der Waals surface area contributed by atoms with E-state index in [0.29, 0.717) is 5.75 Å². The van der Waals surface area contributed by atoms with Crippen molar-refractivity contribution in [2.45, 2.75) is 13.3 Å². The van der Waals surface area contributed by atoms with E-state index in [1.165, 1.54) is 0 Å². The first-order valence-corrected chi connectivity index (χ1v) is 6.54. The molecule has 0 aliphatic rings. The predicted molar refractivity (Wildman–Crippen MR) is 79.8 cm³/mol. The lowest BCUT2D eigenvalue weighted by Crippen LogP contribution is -2.04. The van der Waals surface area contributed by atoms with Gasteiger partial charge in [-0.25, -0.2) is 0 Å². The minimum atomic E-state index is -0.867. The molecule has 1 aromatic heterocycles. The van der Waals surface area contributed by atoms with Gasteiger partial charge >= 0.3 is 5.97 Å². The molecule has 0 unspecified atom stereocenters. The fourth-order valence-electron chi connectivity index (χ4n) is 1.74. The van der Waals surface area contributed by atoms with Gasteiger partial charge in [0.2, 0.25) is 0 Å². The molecule has 108 valence electrons. The second-order valence-corrected chi connectivity index (χ2v) is 4.48. The van der Waals surface area contributed by atoms with Crippen LogP contribution in [-0.2, 0) is 4.79 Å². The minimum Gasteiger partial charge on any atom is -0.493 e. The van der Waals surface area contributed by atoms with Crippen molar-refractivity contribution in [3.05, 3.63) is 54.1 Å². The lowest BCUT2D eigenvalue weighted by molar-refractivity contribution is -0.137. The highest BCUT2D eigenvalue weighted by atomic mass is 16.5. The van der Waals surface area contributed by atoms with E-state index in [-0.39, 0.29) is 13.0 Å². The van der Waals surface area contributed by atoms with Crippen LogP contribution >= 0.6 is 0 Å². The van der Waals surface area contributed by atoms with Gasteiger partial charge in [0.25, 0.3) is 0 Å². The van der Waals surface area contributed by atoms with Gasteiger partial charge in [-0.2, -0.15) is 0 Å². The molecule has 0 spiro atoms. The van der Waals surface area contributed by atoms with Gasteiger partial charge in [-0.1, -0.05) is 12.1 Å². The molecule has 2 aromatic rings. The summed E-state index contributed by atoms with van der Waals surface area (Å²) in [5, 5.41) is 8.54. The average Bonchev–Trinajstić information content (AvgIpc) is 2.49. The number of rotatable bonds is 6. The van der Waals surface area contributed by atoms with Gasteiger partial charge in [0.1, 0.15) is 5.75 Å². The molecule has 0 aliphatic carbocycles. The van der Waals surface area contributed by atoms with Gasteiger partial charge < -0.3 is 9.84 Å². The van der Waals surface area contributed by atoms with E-state index < -0.39 is 5.97 Å². The lowest BCUT2D eigenvalue weighted by Gasteiger charge is -2.05. The van der Waals surface area contributed by atoms with Gasteiger partial charge in [-0.05, 0) is 36.3 Å². The Hall–Kier alpha value is -2.69. The third-order valence-corrected chi connectivity index (χ3v) is 2.82. The summed E-state index contributed by atoms with van der Waals surface area (Å²) < 4.78 is 5.34. The number of aliphatic carboxylic acids is 1. The molecule has 5 heteroatoms. The van der Waals surface area contributed by atoms with Crippen molar-refractivity contribution in [2.24, 2.45) is 0 Å². The molecule has 0 saturated carbocycles. The number of carboxylic acid groups (broad SMARTS) is 1. The van der Waals surface area contributed by atoms with Gasteiger partial charge in [-0.3, -0.25) is 14.8 Å². The Kier molecular flexibility index (Phi) is 5.04. The van der Waals surface area contributed by atoms with Crippen LogP contribution in [0.25, 0.3) is 11.6 Å². The molecular weight excluding hydrogens is 268 g/mol. The molecule has 0 saturated heterocycles. The molecule has 0 aliphatic heterocycles. The molecule has 0 atom stereocenters. The summed E-state index contributed by atoms with van der Waals surface area (Å²) >= 11 is 0. The van der Waals surface area contributed by atoms with Crippen molar-refractivity contribution in [1.29, 1.82) is 0 Å². The van der Waals surface area contributed by atoms with Crippen LogP contribution in [0.3, 0.4) is 0 Å². The van der Waals surface area contributed by atoms with Crippen LogP contribution in [0.15, 0.2) is 42.9 Å². The molecule has 0 amide bonds. The molecule has 0 fully saturated rings. The number of hydrogen-bond acceptors (Lipinski definition) is 4. The summed E-state index contributed by atoms with van der Waals surface area (Å²) in [6.07, 6.45) is 7.01. The van der Waals surface area contributed by atoms with Gasteiger partial charge in [0.05, 0.1) is 24.9 Å². The third kappa shape index (κ3) is 4.72. The van der Waals surface area contributed by atoms with Crippen molar-refractivity contribution in [1.82, 2.24) is 9.97 Å². The number of allylic oxidation sites excluding steroid dienone is 1. The topological polar surface area (TPSA) is 72.3 Å². The normalized spacial score (nSPS) is 11.2. The van der Waals surface area contributed by atoms with Crippen molar-refractivity contribution >= 4 is 17.6 Å². The van der Waals surface area contributed by atoms with E-state index in [4.69, 9.17) is 9.84 Å². The zero-order valence-electron chi connectivity index (χ0n) is 11.7. The zero-order valence-corrected chi connectivity index (χ0v) is 11.7. The Morgan fingerprint density at radius 2 is 2.05 bits per heavy atom. The van der Waals surface area contributed by atoms with Crippen LogP contribution in [0.1, 0.15) is 24.6 Å². The smallest absolute Gasteiger partial charge is 0.306 e. The average molecular weight is 284 g/mol. The van der Waals surface area contributed by atoms with Crippen molar-refractivity contribution in [2.75, 3.05) is 6.61 Å². The Balaban J connectivity index is 2.00. The highest BCUT2D eigenvalue weighted by Crippen LogP contribution is 2.18. The molecular formula is C16H16N2O3. The second-order valence-electron chi connectivity index (χ2n) is 4.48. The first kappa shape index (κ1) is 14.7. The highest BCUT2D eigenvalue weighted by Gasteiger charge is 2.00. The van der Waals surface area contributed by atoms with Crippen molar-refractivity contribution in [3.63, 3.8) is 0 Å². The van der Waals surface area contributed by atoms with Crippen LogP contribution in [0.4, 0.5) is 0 Å². The SMILES string of the molecule is C/C(=C/c1ccc(OCCC(=O)O)cc1)c1cnccn1. The van der Waals surface area contributed by atoms with Gasteiger partial charge in [0, 0.05) is 12.4 Å². The van der Waals surface area contributed by atoms with Crippen LogP contribution in [0.2, 0.25) is 0 Å². The zero-order chi connectivity index (χ0) is 15.1. The van der Waals surface area contributed by atoms with Crippen LogP contribution in [0, 0.1) is 0 Å². The number of aromatic nitrogens is 2. The first-order chi connectivity index (χ1) is 10.1. The molecule has 1 heterocycles. The summed E-state index contributed by atoms with van der Waals surface area (Å²) in [7, 11) is 0. The molecule has 0 radical (unpaired) electrons. The number of carboxylic acids is 1. The minimum absolute atomic E-state index is 0.00651. The summed E-state index contributed by atoms with van der Waals surface area (Å²) in [4.78, 5) is 18.7. The monoisotopic (exact) mass is 284 g/mol. The second kappa shape index (κ2) is 7.19. The Morgan fingerprint density at radius 1 is 1.29 bits per heavy atom. The fraction of sp³-hybridized carbons (Fsp3) is 0.188. The van der Waals surface area contributed by atoms with E-state index in [9.17, 15) is 4.79 Å². The summed E-state index contributed by atoms with van der Waals surface area (Å²) in [6, 6.07) is 7.46. The number of carbonyl (C=O) groups is 1. The summed E-state index contributed by atoms with van der Waals surface area (Å²) in [5.74, 6) is -0.209. The van der Waals surface area contributed by atoms with E-state index in [1.54, 1.807) is 18.6 Å². The first-order valence-electron chi connectivity index (χ1n) is 6.54. The summed E-state index contributed by atoms with van der Waals surface area (Å²) in [6.45, 7) is 2.14. The van der Waals surface area contributed by atoms with Crippen LogP contribution in [-0.4, -0.2) is 27.7 Å². The summed E-state index contributed by atoms with van der Waals surface area (Å²) in [5.41, 5.74) is 2.87. The van der Waals surface area contributed by atoms with E-state index in [1.807, 2.05) is 37.3 Å². The Labute approximate surface area is 122 Å². The maximum Gasteiger partial charge on any atom is 0.306 e. The van der Waals surface area contributed by atoms with Crippen molar-refractivity contribution < 1.29 is 14.6 Å². The maximum atomic E-state index is 10.4. The molecule has 5 nitrogen and oxygen atoms in total. The van der Waals surface area contributed by atoms with Gasteiger partial charge in [-0.15, -0.1) is 0 Å². The third-order valence-electron chi connectivity index (χ3n) is 2.82. The fourth-order valence-corrected chi connectivity index (χ4v) is 1.74. The van der Waals surface area contributed by atoms with E-state index in [2.05, 4.69) is 9.97 Å². The Morgan fingerprint density at radius 3 is 2.67 bits per heavy atom. The maximum absolute atomic E-state index is 10.4. The number of hydrogen-bond donors (Lipinski definition) is 1. The molecule has 21 heavy (non-hydrogen) atoms. The number of benzene rings is 1. The van der Waals surface area contributed by atoms with E-state index >= 15 is 0 Å². The largest absolute Gasteiger partial charge is 0.493 e. The number of nitrogens with zero attached hydrogens (tertiary/aromatic N) is 2. The predicted octanol–water partition coefficient (Wildman–Crippen LogP) is 2.89. The molecule has 1 aromatic carbocycles. The van der Waals surface area contributed by atoms with Gasteiger partial charge in [0.15, 0.2) is 0 Å². The lowest BCUT2D eigenvalue weighted by atomic mass is 10.1. The quantitative estimate of drug-likeness (QED) is 0.883. The van der Waals surface area contributed by atoms with Crippen LogP contribution in [0.5, 0.6) is 5.75 Å². The molecule has 2 rings (SSSR count). The molecule has 0 bridgehead atoms. The highest BCUT2D eigenvalue weighted by molar-refractivity contribution is 5.78. The number of ether oxygens (including phenoxy) is 1.